The molecule has 0 unspecified atom stereocenters. The van der Waals surface area contributed by atoms with Crippen LogP contribution in [0.15, 0.2) is 239 Å². The quantitative estimate of drug-likeness (QED) is 0.0310. The van der Waals surface area contributed by atoms with Gasteiger partial charge in [-0.25, -0.2) is 0 Å². The summed E-state index contributed by atoms with van der Waals surface area (Å²) in [6.45, 7) is 29.8. The monoisotopic (exact) mass is 1680 g/mol. The molecule has 4 heterocycles. The van der Waals surface area contributed by atoms with E-state index in [0.29, 0.717) is 0 Å². The zero-order valence-corrected chi connectivity index (χ0v) is 79.6. The first-order valence-corrected chi connectivity index (χ1v) is 55.6. The molecule has 4 heteroatoms. The van der Waals surface area contributed by atoms with Crippen LogP contribution in [0.2, 0.25) is 26.2 Å². The Morgan fingerprint density at radius 1 is 0.230 bits per heavy atom. The normalized spacial score (nSPS) is 15.8. The molecule has 0 saturated heterocycles. The fourth-order valence-electron chi connectivity index (χ4n) is 25.7. The van der Waals surface area contributed by atoms with Crippen LogP contribution in [0, 0.1) is 0 Å². The highest BCUT2D eigenvalue weighted by molar-refractivity contribution is 7.06. The van der Waals surface area contributed by atoms with Crippen LogP contribution >= 0.6 is 0 Å². The number of hydrogen-bond acceptors (Lipinski definition) is 2. The second kappa shape index (κ2) is 32.6. The van der Waals surface area contributed by atoms with Crippen molar-refractivity contribution < 1.29 is 8.83 Å². The van der Waals surface area contributed by atoms with Gasteiger partial charge in [0.2, 0.25) is 0 Å². The molecule has 0 atom stereocenters. The Bertz CT molecular complexity index is 6780. The molecule has 2 aromatic heterocycles. The van der Waals surface area contributed by atoms with Crippen LogP contribution in [0.4, 0.5) is 0 Å². The van der Waals surface area contributed by atoms with Crippen LogP contribution in [-0.4, -0.2) is 16.1 Å². The van der Waals surface area contributed by atoms with Crippen LogP contribution in [0.25, 0.3) is 155 Å². The molecule has 15 aromatic rings. The van der Waals surface area contributed by atoms with E-state index in [-0.39, 0.29) is 21.7 Å². The van der Waals surface area contributed by atoms with Crippen LogP contribution in [0.3, 0.4) is 0 Å². The first-order valence-electron chi connectivity index (χ1n) is 49.6. The largest absolute Gasteiger partial charge is 0.455 e. The lowest BCUT2D eigenvalue weighted by Crippen LogP contribution is -2.51. The maximum atomic E-state index is 7.46. The number of rotatable bonds is 32. The lowest BCUT2D eigenvalue weighted by Gasteiger charge is -2.33. The van der Waals surface area contributed by atoms with Gasteiger partial charge in [0.25, 0.3) is 0 Å². The van der Waals surface area contributed by atoms with Gasteiger partial charge in [-0.05, 0) is 240 Å². The molecule has 4 aliphatic carbocycles. The topological polar surface area (TPSA) is 26.3 Å². The molecule has 0 spiro atoms. The summed E-state index contributed by atoms with van der Waals surface area (Å²) in [5, 5.41) is 10.8. The molecular weight excluding hydrogens is 1550 g/mol. The van der Waals surface area contributed by atoms with Gasteiger partial charge >= 0.3 is 0 Å². The molecule has 2 nitrogen and oxygen atoms in total. The molecule has 0 bridgehead atoms. The molecule has 0 fully saturated rings. The van der Waals surface area contributed by atoms with Crippen molar-refractivity contribution in [1.29, 1.82) is 0 Å². The summed E-state index contributed by atoms with van der Waals surface area (Å²) in [6.07, 6.45) is 36.6. The lowest BCUT2D eigenvalue weighted by molar-refractivity contribution is 0.398. The number of benzene rings is 13. The van der Waals surface area contributed by atoms with Gasteiger partial charge in [-0.15, -0.1) is 0 Å². The molecule has 2 aliphatic heterocycles. The third-order valence-electron chi connectivity index (χ3n) is 32.7. The Morgan fingerprint density at radius 2 is 0.524 bits per heavy atom. The first-order chi connectivity index (χ1) is 61.3. The van der Waals surface area contributed by atoms with Crippen molar-refractivity contribution in [3.8, 4) is 111 Å². The molecule has 0 N–H and O–H groups in total. The highest BCUT2D eigenvalue weighted by Crippen LogP contribution is 2.61. The lowest BCUT2D eigenvalue weighted by atomic mass is 9.70. The van der Waals surface area contributed by atoms with Crippen molar-refractivity contribution in [2.45, 2.75) is 283 Å². The van der Waals surface area contributed by atoms with Crippen molar-refractivity contribution in [2.24, 2.45) is 0 Å². The minimum Gasteiger partial charge on any atom is -0.455 e. The van der Waals surface area contributed by atoms with Gasteiger partial charge in [0, 0.05) is 54.3 Å². The van der Waals surface area contributed by atoms with Crippen LogP contribution in [0.5, 0.6) is 0 Å². The van der Waals surface area contributed by atoms with Gasteiger partial charge in [0.15, 0.2) is 0 Å². The van der Waals surface area contributed by atoms with Gasteiger partial charge in [-0.1, -0.05) is 418 Å². The molecule has 0 saturated carbocycles. The molecule has 0 amide bonds. The Kier molecular flexibility index (Phi) is 21.4. The van der Waals surface area contributed by atoms with Gasteiger partial charge in [0.05, 0.1) is 0 Å². The van der Waals surface area contributed by atoms with Gasteiger partial charge in [-0.2, -0.15) is 0 Å². The zero-order chi connectivity index (χ0) is 86.2. The summed E-state index contributed by atoms with van der Waals surface area (Å²) in [7, 11) is -4.94. The van der Waals surface area contributed by atoms with Crippen molar-refractivity contribution in [2.75, 3.05) is 0 Å². The second-order valence-corrected chi connectivity index (χ2v) is 50.3. The number of hydrogen-bond donors (Lipinski definition) is 0. The first kappa shape index (κ1) is 82.8. The van der Waals surface area contributed by atoms with Gasteiger partial charge < -0.3 is 8.83 Å². The van der Waals surface area contributed by atoms with E-state index in [0.717, 1.165) is 22.3 Å². The minimum atomic E-state index is -2.47. The Labute approximate surface area is 753 Å². The molecule has 21 rings (SSSR count). The Hall–Kier alpha value is -10.1. The van der Waals surface area contributed by atoms with Crippen molar-refractivity contribution in [3.05, 3.63) is 275 Å². The van der Waals surface area contributed by atoms with E-state index >= 15 is 0 Å². The minimum absolute atomic E-state index is 0.0312. The second-order valence-electron chi connectivity index (χ2n) is 41.6. The number of unbranched alkanes of at least 4 members (excludes halogenated alkanes) is 20. The standard InChI is InChI=1S/C122H130O2Si2/c1-13-17-21-25-29-41-65-121(66-42-30-26-22-18-14-2)99-49-37-33-45-85(99)91-61-55-81(71-105(91)121)79-53-59-87-89-63-57-83(73-103(89)119(5,6)101(87)69-79)95-75-112-115(118-113(95)93-47-35-39-51-107(93)124-118)98-78-109-97(77-110(98)126(112,11)12)114-111(125(109,9)10)76-96(117-116(114)94-48-36-40-52-108(94)123-117)84-58-64-90-88-60-54-80(70-102(88)120(7,8)104(90)74-84)82-56-62-92-86-46-34-38-50-100(86)122(106(92)72-82,67-43-31-27-23-19-15-3)68-44-32-28-24-20-16-4/h33-40,45-64,69-78H,13-32,41-44,65-68H2,1-12H3. The molecule has 638 valence electrons. The van der Waals surface area contributed by atoms with E-state index in [1.165, 1.54) is 356 Å². The van der Waals surface area contributed by atoms with Crippen molar-refractivity contribution in [1.82, 2.24) is 0 Å². The van der Waals surface area contributed by atoms with E-state index < -0.39 is 16.1 Å². The van der Waals surface area contributed by atoms with E-state index in [9.17, 15) is 0 Å². The van der Waals surface area contributed by atoms with E-state index in [1.54, 1.807) is 22.3 Å². The van der Waals surface area contributed by atoms with E-state index in [1.807, 2.05) is 0 Å². The highest BCUT2D eigenvalue weighted by Gasteiger charge is 2.50. The Balaban J connectivity index is 0.612. The smallest absolute Gasteiger partial charge is 0.143 e. The number of fused-ring (bicyclic) bond motifs is 26. The molecule has 0 radical (unpaired) electrons. The predicted molar refractivity (Wildman–Crippen MR) is 547 cm³/mol. The number of para-hydroxylation sites is 2. The van der Waals surface area contributed by atoms with Crippen LogP contribution in [0.1, 0.15) is 280 Å². The third kappa shape index (κ3) is 13.2. The predicted octanol–water partition coefficient (Wildman–Crippen LogP) is 33.9. The van der Waals surface area contributed by atoms with Gasteiger partial charge in [-0.3, -0.25) is 0 Å². The summed E-state index contributed by atoms with van der Waals surface area (Å²) >= 11 is 0. The molecule has 126 heavy (non-hydrogen) atoms. The van der Waals surface area contributed by atoms with Crippen molar-refractivity contribution >= 4 is 80.8 Å². The van der Waals surface area contributed by atoms with E-state index in [4.69, 9.17) is 8.83 Å². The maximum absolute atomic E-state index is 7.46. The molecule has 6 aliphatic rings. The highest BCUT2D eigenvalue weighted by atomic mass is 28.3. The summed E-state index contributed by atoms with van der Waals surface area (Å²) in [4.78, 5) is 0. The van der Waals surface area contributed by atoms with Crippen LogP contribution in [-0.2, 0) is 21.7 Å². The van der Waals surface area contributed by atoms with E-state index in [2.05, 4.69) is 312 Å². The third-order valence-corrected chi connectivity index (χ3v) is 39.7. The fraction of sp³-hybridized carbons (Fsp3) is 0.361. The fourth-order valence-corrected chi connectivity index (χ4v) is 31.8. The molecule has 13 aromatic carbocycles. The zero-order valence-electron chi connectivity index (χ0n) is 77.6. The summed E-state index contributed by atoms with van der Waals surface area (Å²) in [5.74, 6) is 0. The average Bonchev–Trinajstić information content (AvgIpc) is 1.51. The Morgan fingerprint density at radius 3 is 0.944 bits per heavy atom. The molecular formula is C122H130O2Si2. The summed E-state index contributed by atoms with van der Waals surface area (Å²) in [6, 6.07) is 92.6. The summed E-state index contributed by atoms with van der Waals surface area (Å²) in [5.41, 5.74) is 42.4. The summed E-state index contributed by atoms with van der Waals surface area (Å²) < 4.78 is 14.8. The van der Waals surface area contributed by atoms with Crippen LogP contribution < -0.4 is 20.7 Å². The SMILES string of the molecule is CCCCCCCCC1(CCCCCCCC)c2ccccc2-c2ccc(-c3ccc4c(c3)C(C)(C)c3cc(-c5cc6c(c7c5oc5ccccc57)-c5cc7c(cc5[Si]6(C)C)-c5c(cc(-c6ccc8c(c6)C(C)(C)c6cc(-c9ccc%10c(c9)C(CCCCCCCC)(CCCCCCCC)c9ccccc9-%10)ccc6-8)c6c5oc5ccccc56)[Si]7(C)C)ccc3-4)cc21. The number of furan rings is 2. The average molecular weight is 1680 g/mol. The maximum Gasteiger partial charge on any atom is 0.143 e. The van der Waals surface area contributed by atoms with Gasteiger partial charge in [0.1, 0.15) is 38.5 Å². The van der Waals surface area contributed by atoms with Crippen molar-refractivity contribution in [3.63, 3.8) is 0 Å².